The zero-order valence-corrected chi connectivity index (χ0v) is 14.6. The van der Waals surface area contributed by atoms with Gasteiger partial charge in [-0.05, 0) is 25.7 Å². The molecule has 0 aliphatic rings. The molecular weight excluding hydrogens is 292 g/mol. The highest BCUT2D eigenvalue weighted by Gasteiger charge is 2.01. The first kappa shape index (κ1) is 21.3. The number of amides is 2. The van der Waals surface area contributed by atoms with Crippen LogP contribution < -0.4 is 10.9 Å². The summed E-state index contributed by atoms with van der Waals surface area (Å²) in [5, 5.41) is 7.73. The molecule has 0 aromatic carbocycles. The Morgan fingerprint density at radius 2 is 1.13 bits per heavy atom. The zero-order valence-electron chi connectivity index (χ0n) is 14.6. The predicted molar refractivity (Wildman–Crippen MR) is 95.4 cm³/mol. The van der Waals surface area contributed by atoms with Gasteiger partial charge in [0.2, 0.25) is 11.8 Å². The van der Waals surface area contributed by atoms with Crippen LogP contribution in [0, 0.1) is 0 Å². The molecule has 0 aromatic rings. The molecule has 0 rings (SSSR count). The van der Waals surface area contributed by atoms with E-state index in [4.69, 9.17) is 0 Å². The van der Waals surface area contributed by atoms with Gasteiger partial charge in [0, 0.05) is 25.3 Å². The Hall–Kier alpha value is -1.72. The normalized spacial score (nSPS) is 11.2. The topological polar surface area (TPSA) is 82.9 Å². The third-order valence-electron chi connectivity index (χ3n) is 3.20. The van der Waals surface area contributed by atoms with Gasteiger partial charge in [-0.2, -0.15) is 10.2 Å². The Kier molecular flexibility index (Phi) is 15.4. The van der Waals surface area contributed by atoms with Crippen LogP contribution in [0.4, 0.5) is 0 Å². The van der Waals surface area contributed by atoms with Crippen molar-refractivity contribution >= 4 is 24.2 Å². The number of nitrogens with zero attached hydrogens (tertiary/aromatic N) is 2. The van der Waals surface area contributed by atoms with Gasteiger partial charge in [-0.3, -0.25) is 9.59 Å². The fourth-order valence-corrected chi connectivity index (χ4v) is 1.84. The summed E-state index contributed by atoms with van der Waals surface area (Å²) in [6.45, 7) is 4.13. The zero-order chi connectivity index (χ0) is 17.2. The molecular formula is C17H32N4O2. The number of hydrazone groups is 2. The molecule has 132 valence electrons. The lowest BCUT2D eigenvalue weighted by Gasteiger charge is -2.02. The van der Waals surface area contributed by atoms with E-state index in [-0.39, 0.29) is 11.8 Å². The number of carbonyl (C=O) groups excluding carboxylic acids is 2. The predicted octanol–water partition coefficient (Wildman–Crippen LogP) is 3.52. The minimum atomic E-state index is -0.0262. The molecule has 0 saturated heterocycles. The van der Waals surface area contributed by atoms with Crippen LogP contribution in [0.2, 0.25) is 0 Å². The van der Waals surface area contributed by atoms with Crippen LogP contribution in [0.3, 0.4) is 0 Å². The Labute approximate surface area is 140 Å². The van der Waals surface area contributed by atoms with E-state index in [0.29, 0.717) is 12.8 Å². The first-order valence-corrected chi connectivity index (χ1v) is 8.81. The third-order valence-corrected chi connectivity index (χ3v) is 3.20. The second-order valence-electron chi connectivity index (χ2n) is 5.54. The molecule has 0 heterocycles. The molecule has 0 bridgehead atoms. The maximum Gasteiger partial charge on any atom is 0.240 e. The number of nitrogens with one attached hydrogen (secondary N) is 2. The molecule has 2 N–H and O–H groups in total. The Bertz CT molecular complexity index is 334. The number of hydrogen-bond donors (Lipinski definition) is 2. The molecule has 0 aliphatic carbocycles. The van der Waals surface area contributed by atoms with Crippen LogP contribution in [0.15, 0.2) is 10.2 Å². The van der Waals surface area contributed by atoms with E-state index in [9.17, 15) is 9.59 Å². The summed E-state index contributed by atoms with van der Waals surface area (Å²) in [6.07, 6.45) is 13.1. The van der Waals surface area contributed by atoms with E-state index in [2.05, 4.69) is 34.9 Å². The van der Waals surface area contributed by atoms with Crippen LogP contribution in [-0.4, -0.2) is 24.2 Å². The van der Waals surface area contributed by atoms with Crippen molar-refractivity contribution in [3.05, 3.63) is 0 Å². The maximum atomic E-state index is 11.4. The van der Waals surface area contributed by atoms with E-state index in [0.717, 1.165) is 57.8 Å². The van der Waals surface area contributed by atoms with Gasteiger partial charge in [0.15, 0.2) is 0 Å². The van der Waals surface area contributed by atoms with Gasteiger partial charge < -0.3 is 0 Å². The van der Waals surface area contributed by atoms with Gasteiger partial charge in [0.05, 0.1) is 0 Å². The van der Waals surface area contributed by atoms with Crippen molar-refractivity contribution in [2.24, 2.45) is 10.2 Å². The van der Waals surface area contributed by atoms with Gasteiger partial charge in [0.1, 0.15) is 0 Å². The fourth-order valence-electron chi connectivity index (χ4n) is 1.84. The molecule has 0 unspecified atom stereocenters. The molecule has 0 fully saturated rings. The first-order valence-electron chi connectivity index (χ1n) is 8.81. The summed E-state index contributed by atoms with van der Waals surface area (Å²) >= 11 is 0. The molecule has 0 atom stereocenters. The molecule has 23 heavy (non-hydrogen) atoms. The van der Waals surface area contributed by atoms with Crippen molar-refractivity contribution in [3.8, 4) is 0 Å². The summed E-state index contributed by atoms with van der Waals surface area (Å²) in [7, 11) is 0. The quantitative estimate of drug-likeness (QED) is 0.291. The second-order valence-corrected chi connectivity index (χ2v) is 5.54. The van der Waals surface area contributed by atoms with Crippen molar-refractivity contribution in [1.82, 2.24) is 10.9 Å². The van der Waals surface area contributed by atoms with Gasteiger partial charge in [-0.25, -0.2) is 10.9 Å². The van der Waals surface area contributed by atoms with E-state index in [1.807, 2.05) is 0 Å². The maximum absolute atomic E-state index is 11.4. The SMILES string of the molecule is CCCC=NNC(=O)CCCCCCCC(=O)NN=CCCC. The minimum Gasteiger partial charge on any atom is -0.273 e. The van der Waals surface area contributed by atoms with Crippen molar-refractivity contribution in [2.75, 3.05) is 0 Å². The molecule has 0 spiro atoms. The van der Waals surface area contributed by atoms with Gasteiger partial charge >= 0.3 is 0 Å². The lowest BCUT2D eigenvalue weighted by molar-refractivity contribution is -0.121. The van der Waals surface area contributed by atoms with Crippen LogP contribution in [0.25, 0.3) is 0 Å². The Morgan fingerprint density at radius 1 is 0.739 bits per heavy atom. The smallest absolute Gasteiger partial charge is 0.240 e. The van der Waals surface area contributed by atoms with Gasteiger partial charge in [-0.1, -0.05) is 46.0 Å². The molecule has 0 saturated carbocycles. The highest BCUT2D eigenvalue weighted by molar-refractivity contribution is 5.77. The molecule has 2 amide bonds. The summed E-state index contributed by atoms with van der Waals surface area (Å²) in [4.78, 5) is 22.9. The number of carbonyl (C=O) groups is 2. The second kappa shape index (κ2) is 16.6. The average molecular weight is 324 g/mol. The first-order chi connectivity index (χ1) is 11.2. The molecule has 0 aliphatic heterocycles. The summed E-state index contributed by atoms with van der Waals surface area (Å²) < 4.78 is 0. The summed E-state index contributed by atoms with van der Waals surface area (Å²) in [6, 6.07) is 0. The summed E-state index contributed by atoms with van der Waals surface area (Å²) in [5.74, 6) is -0.0525. The van der Waals surface area contributed by atoms with Crippen LogP contribution in [0.5, 0.6) is 0 Å². The number of unbranched alkanes of at least 4 members (excludes halogenated alkanes) is 6. The van der Waals surface area contributed by atoms with E-state index < -0.39 is 0 Å². The van der Waals surface area contributed by atoms with Crippen LogP contribution >= 0.6 is 0 Å². The largest absolute Gasteiger partial charge is 0.273 e. The molecule has 0 aromatic heterocycles. The van der Waals surface area contributed by atoms with Crippen LogP contribution in [0.1, 0.15) is 84.5 Å². The average Bonchev–Trinajstić information content (AvgIpc) is 2.54. The Balaban J connectivity index is 3.38. The molecule has 0 radical (unpaired) electrons. The lowest BCUT2D eigenvalue weighted by atomic mass is 10.1. The molecule has 6 nitrogen and oxygen atoms in total. The van der Waals surface area contributed by atoms with E-state index in [1.54, 1.807) is 12.4 Å². The fraction of sp³-hybridized carbons (Fsp3) is 0.765. The van der Waals surface area contributed by atoms with E-state index >= 15 is 0 Å². The Morgan fingerprint density at radius 3 is 1.52 bits per heavy atom. The highest BCUT2D eigenvalue weighted by Crippen LogP contribution is 2.07. The van der Waals surface area contributed by atoms with Gasteiger partial charge in [0.25, 0.3) is 0 Å². The lowest BCUT2D eigenvalue weighted by Crippen LogP contribution is -2.17. The molecule has 6 heteroatoms. The standard InChI is InChI=1S/C17H32N4O2/c1-3-5-14-18-20-16(22)12-10-8-7-9-11-13-17(23)21-19-15-6-4-2/h14-15H,3-13H2,1-2H3,(H,20,22)(H,21,23). The third kappa shape index (κ3) is 16.5. The van der Waals surface area contributed by atoms with E-state index in [1.165, 1.54) is 0 Å². The van der Waals surface area contributed by atoms with Crippen LogP contribution in [-0.2, 0) is 9.59 Å². The van der Waals surface area contributed by atoms with Gasteiger partial charge in [-0.15, -0.1) is 0 Å². The van der Waals surface area contributed by atoms with Crippen molar-refractivity contribution in [1.29, 1.82) is 0 Å². The minimum absolute atomic E-state index is 0.0262. The highest BCUT2D eigenvalue weighted by atomic mass is 16.2. The van der Waals surface area contributed by atoms with Crippen molar-refractivity contribution in [2.45, 2.75) is 84.5 Å². The monoisotopic (exact) mass is 324 g/mol. The summed E-state index contributed by atoms with van der Waals surface area (Å²) in [5.41, 5.74) is 5.05. The van der Waals surface area contributed by atoms with Crippen molar-refractivity contribution in [3.63, 3.8) is 0 Å². The van der Waals surface area contributed by atoms with Crippen molar-refractivity contribution < 1.29 is 9.59 Å². The number of rotatable bonds is 14. The number of hydrogen-bond acceptors (Lipinski definition) is 4.